The Hall–Kier alpha value is -2.18. The summed E-state index contributed by atoms with van der Waals surface area (Å²) in [7, 11) is 0. The van der Waals surface area contributed by atoms with Crippen molar-refractivity contribution < 1.29 is 4.79 Å². The van der Waals surface area contributed by atoms with Crippen LogP contribution in [-0.2, 0) is 11.3 Å². The average Bonchev–Trinajstić information content (AvgIpc) is 3.11. The van der Waals surface area contributed by atoms with Crippen molar-refractivity contribution in [2.45, 2.75) is 19.4 Å². The van der Waals surface area contributed by atoms with Gasteiger partial charge in [-0.15, -0.1) is 0 Å². The lowest BCUT2D eigenvalue weighted by Crippen LogP contribution is -2.37. The van der Waals surface area contributed by atoms with E-state index in [0.29, 0.717) is 17.3 Å². The van der Waals surface area contributed by atoms with E-state index in [-0.39, 0.29) is 18.0 Å². The molecule has 0 unspecified atom stereocenters. The van der Waals surface area contributed by atoms with Crippen LogP contribution in [0.5, 0.6) is 0 Å². The van der Waals surface area contributed by atoms with E-state index < -0.39 is 0 Å². The second-order valence-corrected chi connectivity index (χ2v) is 6.56. The van der Waals surface area contributed by atoms with E-state index in [0.717, 1.165) is 25.2 Å². The molecule has 0 radical (unpaired) electrons. The molecule has 2 aromatic rings. The molecule has 1 saturated heterocycles. The molecule has 1 aliphatic rings. The Morgan fingerprint density at radius 3 is 2.56 bits per heavy atom. The molecule has 1 fully saturated rings. The van der Waals surface area contributed by atoms with Crippen LogP contribution in [0.2, 0.25) is 5.02 Å². The Morgan fingerprint density at radius 1 is 1.12 bits per heavy atom. The number of carbonyl (C=O) groups excluding carboxylic acids is 1. The minimum atomic E-state index is -0.299. The first kappa shape index (κ1) is 17.6. The van der Waals surface area contributed by atoms with Crippen LogP contribution in [0.15, 0.2) is 41.2 Å². The molecule has 1 aromatic carbocycles. The Labute approximate surface area is 151 Å². The number of carbonyl (C=O) groups is 1. The number of aromatic nitrogens is 2. The number of halogens is 1. The summed E-state index contributed by atoms with van der Waals surface area (Å²) < 4.78 is 1.19. The zero-order valence-corrected chi connectivity index (χ0v) is 14.7. The number of rotatable bonds is 6. The van der Waals surface area contributed by atoms with E-state index in [2.05, 4.69) is 15.3 Å². The lowest BCUT2D eigenvalue weighted by Gasteiger charge is -2.14. The number of hydrogen-bond acceptors (Lipinski definition) is 4. The van der Waals surface area contributed by atoms with Crippen LogP contribution in [0.3, 0.4) is 0 Å². The molecule has 0 saturated carbocycles. The molecule has 25 heavy (non-hydrogen) atoms. The van der Waals surface area contributed by atoms with Crippen LogP contribution < -0.4 is 10.9 Å². The van der Waals surface area contributed by atoms with Crippen LogP contribution in [-0.4, -0.2) is 46.8 Å². The lowest BCUT2D eigenvalue weighted by molar-refractivity contribution is -0.121. The topological polar surface area (TPSA) is 67.2 Å². The first-order valence-corrected chi connectivity index (χ1v) is 8.83. The molecule has 2 heterocycles. The fraction of sp³-hybridized carbons (Fsp3) is 0.389. The van der Waals surface area contributed by atoms with Crippen molar-refractivity contribution in [1.29, 1.82) is 0 Å². The van der Waals surface area contributed by atoms with Gasteiger partial charge in [-0.1, -0.05) is 23.7 Å². The van der Waals surface area contributed by atoms with Crippen LogP contribution >= 0.6 is 11.6 Å². The van der Waals surface area contributed by atoms with Crippen LogP contribution in [0.25, 0.3) is 11.3 Å². The molecule has 1 aliphatic heterocycles. The summed E-state index contributed by atoms with van der Waals surface area (Å²) in [5, 5.41) is 7.78. The number of nitrogens with zero attached hydrogens (tertiary/aromatic N) is 3. The van der Waals surface area contributed by atoms with Crippen LogP contribution in [0.1, 0.15) is 12.8 Å². The van der Waals surface area contributed by atoms with Gasteiger partial charge in [0.15, 0.2) is 0 Å². The summed E-state index contributed by atoms with van der Waals surface area (Å²) in [5.74, 6) is -0.206. The van der Waals surface area contributed by atoms with E-state index in [9.17, 15) is 9.59 Å². The number of nitrogens with one attached hydrogen (secondary N) is 1. The van der Waals surface area contributed by atoms with Gasteiger partial charge in [-0.25, -0.2) is 4.68 Å². The number of likely N-dealkylation sites (tertiary alicyclic amines) is 1. The fourth-order valence-corrected chi connectivity index (χ4v) is 3.01. The largest absolute Gasteiger partial charge is 0.353 e. The number of benzene rings is 1. The maximum absolute atomic E-state index is 12.1. The molecule has 1 amide bonds. The third-order valence-corrected chi connectivity index (χ3v) is 4.50. The zero-order valence-electron chi connectivity index (χ0n) is 13.9. The molecule has 3 rings (SSSR count). The summed E-state index contributed by atoms with van der Waals surface area (Å²) in [6, 6.07) is 10.3. The first-order valence-electron chi connectivity index (χ1n) is 8.45. The highest BCUT2D eigenvalue weighted by molar-refractivity contribution is 6.30. The SMILES string of the molecule is O=C(Cn1nc(-c2ccc(Cl)cc2)ccc1=O)NCCN1CCCC1. The van der Waals surface area contributed by atoms with Crippen molar-refractivity contribution in [1.82, 2.24) is 20.0 Å². The summed E-state index contributed by atoms with van der Waals surface area (Å²) >= 11 is 5.89. The quantitative estimate of drug-likeness (QED) is 0.852. The van der Waals surface area contributed by atoms with Crippen molar-refractivity contribution in [3.05, 3.63) is 51.8 Å². The predicted octanol–water partition coefficient (Wildman–Crippen LogP) is 1.78. The van der Waals surface area contributed by atoms with Gasteiger partial charge in [0.05, 0.1) is 5.69 Å². The normalized spacial score (nSPS) is 14.6. The lowest BCUT2D eigenvalue weighted by atomic mass is 10.1. The van der Waals surface area contributed by atoms with Crippen molar-refractivity contribution in [3.8, 4) is 11.3 Å². The molecule has 132 valence electrons. The zero-order chi connectivity index (χ0) is 17.6. The molecule has 6 nitrogen and oxygen atoms in total. The highest BCUT2D eigenvalue weighted by atomic mass is 35.5. The van der Waals surface area contributed by atoms with Crippen LogP contribution in [0, 0.1) is 0 Å². The Kier molecular flexibility index (Phi) is 5.83. The highest BCUT2D eigenvalue weighted by Crippen LogP contribution is 2.18. The summed E-state index contributed by atoms with van der Waals surface area (Å²) in [4.78, 5) is 26.4. The van der Waals surface area contributed by atoms with E-state index in [1.165, 1.54) is 23.6 Å². The summed E-state index contributed by atoms with van der Waals surface area (Å²) in [6.07, 6.45) is 2.45. The molecule has 0 spiro atoms. The van der Waals surface area contributed by atoms with Gasteiger partial charge in [-0.3, -0.25) is 9.59 Å². The molecular formula is C18H21ClN4O2. The Morgan fingerprint density at radius 2 is 1.84 bits per heavy atom. The predicted molar refractivity (Wildman–Crippen MR) is 97.6 cm³/mol. The van der Waals surface area contributed by atoms with Crippen molar-refractivity contribution in [2.75, 3.05) is 26.2 Å². The fourth-order valence-electron chi connectivity index (χ4n) is 2.89. The van der Waals surface area contributed by atoms with E-state index >= 15 is 0 Å². The number of hydrogen-bond donors (Lipinski definition) is 1. The van der Waals surface area contributed by atoms with Gasteiger partial charge in [0.25, 0.3) is 5.56 Å². The maximum atomic E-state index is 12.1. The van der Waals surface area contributed by atoms with Crippen molar-refractivity contribution in [2.24, 2.45) is 0 Å². The molecule has 0 aliphatic carbocycles. The van der Waals surface area contributed by atoms with E-state index in [1.807, 2.05) is 12.1 Å². The molecule has 7 heteroatoms. The monoisotopic (exact) mass is 360 g/mol. The van der Waals surface area contributed by atoms with Gasteiger partial charge in [-0.2, -0.15) is 5.10 Å². The second kappa shape index (κ2) is 8.27. The maximum Gasteiger partial charge on any atom is 0.267 e. The third kappa shape index (κ3) is 4.90. The average molecular weight is 361 g/mol. The minimum absolute atomic E-state index is 0.0831. The molecule has 0 atom stereocenters. The van der Waals surface area contributed by atoms with E-state index in [4.69, 9.17) is 11.6 Å². The Bertz CT molecular complexity index is 782. The van der Waals surface area contributed by atoms with Gasteiger partial charge < -0.3 is 10.2 Å². The standard InChI is InChI=1S/C18H21ClN4O2/c19-15-5-3-14(4-6-15)16-7-8-18(25)23(21-16)13-17(24)20-9-12-22-10-1-2-11-22/h3-8H,1-2,9-13H2,(H,20,24). The van der Waals surface area contributed by atoms with Gasteiger partial charge in [0, 0.05) is 29.7 Å². The van der Waals surface area contributed by atoms with E-state index in [1.54, 1.807) is 18.2 Å². The molecule has 1 N–H and O–H groups in total. The second-order valence-electron chi connectivity index (χ2n) is 6.12. The minimum Gasteiger partial charge on any atom is -0.353 e. The molecule has 0 bridgehead atoms. The van der Waals surface area contributed by atoms with Gasteiger partial charge in [0.1, 0.15) is 6.54 Å². The smallest absolute Gasteiger partial charge is 0.267 e. The highest BCUT2D eigenvalue weighted by Gasteiger charge is 2.12. The first-order chi connectivity index (χ1) is 12.1. The van der Waals surface area contributed by atoms with Crippen molar-refractivity contribution >= 4 is 17.5 Å². The summed E-state index contributed by atoms with van der Waals surface area (Å²) in [5.41, 5.74) is 1.17. The summed E-state index contributed by atoms with van der Waals surface area (Å²) in [6.45, 7) is 3.55. The molecular weight excluding hydrogens is 340 g/mol. The van der Waals surface area contributed by atoms with Gasteiger partial charge in [-0.05, 0) is 44.1 Å². The Balaban J connectivity index is 1.61. The number of amides is 1. The molecule has 1 aromatic heterocycles. The van der Waals surface area contributed by atoms with Crippen LogP contribution in [0.4, 0.5) is 0 Å². The van der Waals surface area contributed by atoms with Gasteiger partial charge in [0.2, 0.25) is 5.91 Å². The third-order valence-electron chi connectivity index (χ3n) is 4.25. The van der Waals surface area contributed by atoms with Crippen molar-refractivity contribution in [3.63, 3.8) is 0 Å². The van der Waals surface area contributed by atoms with Gasteiger partial charge >= 0.3 is 0 Å².